The van der Waals surface area contributed by atoms with Crippen LogP contribution in [0.3, 0.4) is 0 Å². The average molecular weight is 269 g/mol. The molecule has 0 saturated heterocycles. The Morgan fingerprint density at radius 1 is 1.17 bits per heavy atom. The van der Waals surface area contributed by atoms with Gasteiger partial charge in [0.1, 0.15) is 0 Å². The summed E-state index contributed by atoms with van der Waals surface area (Å²) in [5.74, 6) is 1.68. The first-order chi connectivity index (χ1) is 8.74. The van der Waals surface area contributed by atoms with Crippen molar-refractivity contribution in [1.29, 1.82) is 0 Å². The van der Waals surface area contributed by atoms with Crippen molar-refractivity contribution in [3.05, 3.63) is 23.5 Å². The summed E-state index contributed by atoms with van der Waals surface area (Å²) < 4.78 is 16.0. The van der Waals surface area contributed by atoms with Crippen LogP contribution in [0.4, 0.5) is 0 Å². The van der Waals surface area contributed by atoms with Crippen molar-refractivity contribution in [2.24, 2.45) is 0 Å². The fourth-order valence-electron chi connectivity index (χ4n) is 1.51. The van der Waals surface area contributed by atoms with Crippen LogP contribution in [0.2, 0.25) is 5.28 Å². The van der Waals surface area contributed by atoms with E-state index < -0.39 is 0 Å². The van der Waals surface area contributed by atoms with Gasteiger partial charge in [0.25, 0.3) is 11.2 Å². The Labute approximate surface area is 110 Å². The fraction of sp³-hybridized carbons (Fsp3) is 0.333. The molecule has 0 saturated carbocycles. The predicted octanol–water partition coefficient (Wildman–Crippen LogP) is 3.19. The number of hydrogen-bond acceptors (Lipinski definition) is 5. The van der Waals surface area contributed by atoms with E-state index in [-0.39, 0.29) is 5.28 Å². The molecule has 6 heteroatoms. The van der Waals surface area contributed by atoms with E-state index in [0.29, 0.717) is 30.6 Å². The third kappa shape index (κ3) is 2.73. The molecule has 0 amide bonds. The van der Waals surface area contributed by atoms with Gasteiger partial charge in [-0.2, -0.15) is 4.98 Å². The summed E-state index contributed by atoms with van der Waals surface area (Å²) >= 11 is 5.62. The monoisotopic (exact) mass is 268 g/mol. The van der Waals surface area contributed by atoms with Crippen molar-refractivity contribution >= 4 is 11.6 Å². The van der Waals surface area contributed by atoms with E-state index >= 15 is 0 Å². The molecule has 0 aliphatic rings. The molecule has 1 heterocycles. The summed E-state index contributed by atoms with van der Waals surface area (Å²) in [4.78, 5) is 3.95. The van der Waals surface area contributed by atoms with Crippen LogP contribution in [0.15, 0.2) is 22.7 Å². The number of hydrogen-bond donors (Lipinski definition) is 0. The third-order valence-electron chi connectivity index (χ3n) is 2.19. The van der Waals surface area contributed by atoms with Crippen molar-refractivity contribution in [3.8, 4) is 23.0 Å². The minimum atomic E-state index is 0.0804. The van der Waals surface area contributed by atoms with E-state index in [0.717, 1.165) is 5.56 Å². The number of ether oxygens (including phenoxy) is 2. The van der Waals surface area contributed by atoms with E-state index in [1.165, 1.54) is 0 Å². The highest BCUT2D eigenvalue weighted by molar-refractivity contribution is 6.28. The zero-order chi connectivity index (χ0) is 13.0. The first kappa shape index (κ1) is 12.7. The molecule has 0 aliphatic heterocycles. The molecule has 0 atom stereocenters. The lowest BCUT2D eigenvalue weighted by Gasteiger charge is -2.11. The van der Waals surface area contributed by atoms with Crippen LogP contribution >= 0.6 is 11.6 Å². The molecule has 5 nitrogen and oxygen atoms in total. The summed E-state index contributed by atoms with van der Waals surface area (Å²) in [7, 11) is 0. The third-order valence-corrected chi connectivity index (χ3v) is 2.35. The van der Waals surface area contributed by atoms with Crippen molar-refractivity contribution in [1.82, 2.24) is 10.1 Å². The Morgan fingerprint density at radius 2 is 1.89 bits per heavy atom. The van der Waals surface area contributed by atoms with Gasteiger partial charge < -0.3 is 14.0 Å². The summed E-state index contributed by atoms with van der Waals surface area (Å²) in [6.07, 6.45) is 0. The molecule has 18 heavy (non-hydrogen) atoms. The topological polar surface area (TPSA) is 57.4 Å². The summed E-state index contributed by atoms with van der Waals surface area (Å²) in [6.45, 7) is 4.95. The summed E-state index contributed by atoms with van der Waals surface area (Å²) in [5, 5.41) is 3.62. The normalized spacial score (nSPS) is 10.4. The lowest BCUT2D eigenvalue weighted by atomic mass is 10.2. The summed E-state index contributed by atoms with van der Waals surface area (Å²) in [6, 6.07) is 5.41. The van der Waals surface area contributed by atoms with Gasteiger partial charge in [0.05, 0.1) is 13.2 Å². The van der Waals surface area contributed by atoms with Gasteiger partial charge in [0, 0.05) is 5.56 Å². The molecule has 0 spiro atoms. The van der Waals surface area contributed by atoms with Gasteiger partial charge in [-0.1, -0.05) is 0 Å². The Bertz CT molecular complexity index is 528. The van der Waals surface area contributed by atoms with Crippen LogP contribution < -0.4 is 9.47 Å². The lowest BCUT2D eigenvalue weighted by Crippen LogP contribution is -1.98. The molecule has 0 unspecified atom stereocenters. The van der Waals surface area contributed by atoms with Crippen LogP contribution in [-0.4, -0.2) is 23.4 Å². The van der Waals surface area contributed by atoms with Gasteiger partial charge in [-0.25, -0.2) is 0 Å². The molecule has 0 radical (unpaired) electrons. The molecule has 1 aromatic carbocycles. The van der Waals surface area contributed by atoms with Gasteiger partial charge in [-0.15, -0.1) is 0 Å². The van der Waals surface area contributed by atoms with Gasteiger partial charge in [0.2, 0.25) is 0 Å². The van der Waals surface area contributed by atoms with Crippen LogP contribution in [0.5, 0.6) is 11.5 Å². The molecule has 0 bridgehead atoms. The molecule has 96 valence electrons. The number of nitrogens with zero attached hydrogens (tertiary/aromatic N) is 2. The molecule has 2 aromatic rings. The Balaban J connectivity index is 2.35. The molecule has 1 aromatic heterocycles. The largest absolute Gasteiger partial charge is 0.490 e. The summed E-state index contributed by atoms with van der Waals surface area (Å²) in [5.41, 5.74) is 0.737. The second kappa shape index (κ2) is 5.73. The van der Waals surface area contributed by atoms with Crippen molar-refractivity contribution < 1.29 is 14.0 Å². The maximum Gasteiger partial charge on any atom is 0.264 e. The average Bonchev–Trinajstić information content (AvgIpc) is 2.79. The maximum atomic E-state index is 5.62. The van der Waals surface area contributed by atoms with Crippen molar-refractivity contribution in [3.63, 3.8) is 0 Å². The SMILES string of the molecule is CCOc1ccc(-c2nc(Cl)no2)cc1OCC. The van der Waals surface area contributed by atoms with Gasteiger partial charge in [0.15, 0.2) is 11.5 Å². The predicted molar refractivity (Wildman–Crippen MR) is 67.1 cm³/mol. The highest BCUT2D eigenvalue weighted by Crippen LogP contribution is 2.32. The van der Waals surface area contributed by atoms with Crippen molar-refractivity contribution in [2.45, 2.75) is 13.8 Å². The quantitative estimate of drug-likeness (QED) is 0.833. The number of halogens is 1. The molecule has 0 aliphatic carbocycles. The van der Waals surface area contributed by atoms with Gasteiger partial charge >= 0.3 is 0 Å². The lowest BCUT2D eigenvalue weighted by molar-refractivity contribution is 0.288. The highest BCUT2D eigenvalue weighted by atomic mass is 35.5. The van der Waals surface area contributed by atoms with E-state index in [9.17, 15) is 0 Å². The molecule has 2 rings (SSSR count). The van der Waals surface area contributed by atoms with Crippen LogP contribution in [0, 0.1) is 0 Å². The minimum Gasteiger partial charge on any atom is -0.490 e. The number of benzene rings is 1. The second-order valence-corrected chi connectivity index (χ2v) is 3.73. The first-order valence-electron chi connectivity index (χ1n) is 5.63. The smallest absolute Gasteiger partial charge is 0.264 e. The fourth-order valence-corrected chi connectivity index (χ4v) is 1.62. The standard InChI is InChI=1S/C12H13ClN2O3/c1-3-16-9-6-5-8(7-10(9)17-4-2)11-14-12(13)15-18-11/h5-7H,3-4H2,1-2H3. The van der Waals surface area contributed by atoms with Gasteiger partial charge in [-0.05, 0) is 48.8 Å². The number of aromatic nitrogens is 2. The van der Waals surface area contributed by atoms with Crippen LogP contribution in [0.25, 0.3) is 11.5 Å². The Morgan fingerprint density at radius 3 is 2.50 bits per heavy atom. The molecule has 0 N–H and O–H groups in total. The zero-order valence-corrected chi connectivity index (χ0v) is 10.9. The van der Waals surface area contributed by atoms with E-state index in [1.807, 2.05) is 26.0 Å². The zero-order valence-electron chi connectivity index (χ0n) is 10.1. The Kier molecular flexibility index (Phi) is 4.04. The van der Waals surface area contributed by atoms with E-state index in [1.54, 1.807) is 6.07 Å². The van der Waals surface area contributed by atoms with Gasteiger partial charge in [-0.3, -0.25) is 0 Å². The minimum absolute atomic E-state index is 0.0804. The molecular formula is C12H13ClN2O3. The Hall–Kier alpha value is -1.75. The maximum absolute atomic E-state index is 5.62. The van der Waals surface area contributed by atoms with Crippen LogP contribution in [-0.2, 0) is 0 Å². The van der Waals surface area contributed by atoms with Crippen molar-refractivity contribution in [2.75, 3.05) is 13.2 Å². The molecule has 0 fully saturated rings. The van der Waals surface area contributed by atoms with E-state index in [4.69, 9.17) is 25.6 Å². The number of rotatable bonds is 5. The van der Waals surface area contributed by atoms with Crippen LogP contribution in [0.1, 0.15) is 13.8 Å². The van der Waals surface area contributed by atoms with E-state index in [2.05, 4.69) is 10.1 Å². The highest BCUT2D eigenvalue weighted by Gasteiger charge is 2.12. The molecular weight excluding hydrogens is 256 g/mol. The first-order valence-corrected chi connectivity index (χ1v) is 6.01. The second-order valence-electron chi connectivity index (χ2n) is 3.40.